The number of aromatic nitrogens is 1. The van der Waals surface area contributed by atoms with E-state index in [2.05, 4.69) is 73.6 Å². The van der Waals surface area contributed by atoms with Gasteiger partial charge in [0.1, 0.15) is 0 Å². The lowest BCUT2D eigenvalue weighted by Gasteiger charge is -2.27. The van der Waals surface area contributed by atoms with Gasteiger partial charge >= 0.3 is 0 Å². The largest absolute Gasteiger partial charge is 0.383 e. The van der Waals surface area contributed by atoms with Gasteiger partial charge in [-0.3, -0.25) is 9.88 Å². The lowest BCUT2D eigenvalue weighted by molar-refractivity contribution is 0.0398. The highest BCUT2D eigenvalue weighted by Crippen LogP contribution is 2.34. The molecule has 1 aliphatic rings. The van der Waals surface area contributed by atoms with Crippen molar-refractivity contribution in [2.75, 3.05) is 44.7 Å². The van der Waals surface area contributed by atoms with E-state index in [0.29, 0.717) is 0 Å². The molecule has 0 saturated carbocycles. The van der Waals surface area contributed by atoms with Crippen molar-refractivity contribution in [2.45, 2.75) is 0 Å². The highest BCUT2D eigenvalue weighted by Gasteiger charge is 2.13. The third kappa shape index (κ3) is 3.90. The molecule has 0 radical (unpaired) electrons. The van der Waals surface area contributed by atoms with E-state index in [9.17, 15) is 0 Å². The molecule has 0 unspecified atom stereocenters. The molecule has 0 spiro atoms. The van der Waals surface area contributed by atoms with E-state index in [-0.39, 0.29) is 0 Å². The van der Waals surface area contributed by atoms with Crippen molar-refractivity contribution < 1.29 is 4.74 Å². The maximum absolute atomic E-state index is 5.44. The number of hydrogen-bond acceptors (Lipinski definition) is 4. The molecule has 134 valence electrons. The average molecular weight is 412 g/mol. The van der Waals surface area contributed by atoms with Gasteiger partial charge in [0.25, 0.3) is 0 Å². The molecule has 3 aromatic rings. The van der Waals surface area contributed by atoms with Crippen LogP contribution < -0.4 is 5.32 Å². The minimum atomic E-state index is 0.835. The summed E-state index contributed by atoms with van der Waals surface area (Å²) in [5.41, 5.74) is 4.47. The van der Waals surface area contributed by atoms with Crippen LogP contribution in [0.2, 0.25) is 0 Å². The highest BCUT2D eigenvalue weighted by atomic mass is 79.9. The summed E-state index contributed by atoms with van der Waals surface area (Å²) in [7, 11) is 0. The van der Waals surface area contributed by atoms with E-state index in [1.807, 2.05) is 12.3 Å². The van der Waals surface area contributed by atoms with Gasteiger partial charge in [-0.2, -0.15) is 0 Å². The maximum Gasteiger partial charge on any atom is 0.0734 e. The third-order valence-electron chi connectivity index (χ3n) is 4.75. The summed E-state index contributed by atoms with van der Waals surface area (Å²) >= 11 is 3.55. The number of pyridine rings is 1. The van der Waals surface area contributed by atoms with Crippen LogP contribution in [0, 0.1) is 0 Å². The predicted molar refractivity (Wildman–Crippen MR) is 111 cm³/mol. The fourth-order valence-corrected chi connectivity index (χ4v) is 3.71. The first kappa shape index (κ1) is 17.5. The zero-order chi connectivity index (χ0) is 17.8. The van der Waals surface area contributed by atoms with Crippen molar-refractivity contribution in [3.8, 4) is 11.1 Å². The van der Waals surface area contributed by atoms with Crippen molar-refractivity contribution in [3.05, 3.63) is 59.2 Å². The van der Waals surface area contributed by atoms with Crippen LogP contribution in [-0.4, -0.2) is 49.3 Å². The standard InChI is InChI=1S/C21H22BrN3O/c22-17-6-7-18-20(14-17)24-15-19(16-4-2-1-3-5-16)21(18)23-8-9-25-10-12-26-13-11-25/h1-7,14-15H,8-13H2,(H,23,24). The molecule has 2 aromatic carbocycles. The van der Waals surface area contributed by atoms with E-state index in [0.717, 1.165) is 66.0 Å². The van der Waals surface area contributed by atoms with Crippen molar-refractivity contribution >= 4 is 32.5 Å². The zero-order valence-electron chi connectivity index (χ0n) is 14.6. The number of nitrogens with zero attached hydrogens (tertiary/aromatic N) is 2. The topological polar surface area (TPSA) is 37.4 Å². The van der Waals surface area contributed by atoms with Gasteiger partial charge in [-0.15, -0.1) is 0 Å². The molecular formula is C21H22BrN3O. The Morgan fingerprint density at radius 2 is 1.88 bits per heavy atom. The Labute approximate surface area is 162 Å². The molecule has 4 nitrogen and oxygen atoms in total. The molecule has 26 heavy (non-hydrogen) atoms. The second-order valence-electron chi connectivity index (χ2n) is 6.46. The van der Waals surface area contributed by atoms with E-state index in [1.54, 1.807) is 0 Å². The zero-order valence-corrected chi connectivity index (χ0v) is 16.2. The van der Waals surface area contributed by atoms with Gasteiger partial charge in [0.05, 0.1) is 24.4 Å². The Hall–Kier alpha value is -1.95. The van der Waals surface area contributed by atoms with E-state index < -0.39 is 0 Å². The van der Waals surface area contributed by atoms with Crippen LogP contribution in [0.5, 0.6) is 0 Å². The van der Waals surface area contributed by atoms with Gasteiger partial charge in [0, 0.05) is 47.8 Å². The van der Waals surface area contributed by atoms with Gasteiger partial charge in [0.15, 0.2) is 0 Å². The molecule has 1 aliphatic heterocycles. The first-order chi connectivity index (χ1) is 12.8. The fourth-order valence-electron chi connectivity index (χ4n) is 3.36. The first-order valence-corrected chi connectivity index (χ1v) is 9.78. The van der Waals surface area contributed by atoms with Gasteiger partial charge in [-0.1, -0.05) is 46.3 Å². The SMILES string of the molecule is Brc1ccc2c(NCCN3CCOCC3)c(-c3ccccc3)cnc2c1. The summed E-state index contributed by atoms with van der Waals surface area (Å²) in [5.74, 6) is 0. The van der Waals surface area contributed by atoms with Crippen LogP contribution in [0.25, 0.3) is 22.0 Å². The van der Waals surface area contributed by atoms with Crippen LogP contribution in [0.3, 0.4) is 0 Å². The van der Waals surface area contributed by atoms with Gasteiger partial charge in [-0.05, 0) is 23.8 Å². The normalized spacial score (nSPS) is 15.3. The minimum Gasteiger partial charge on any atom is -0.383 e. The molecular weight excluding hydrogens is 390 g/mol. The Bertz CT molecular complexity index is 879. The second kappa shape index (κ2) is 8.16. The van der Waals surface area contributed by atoms with Gasteiger partial charge in [0.2, 0.25) is 0 Å². The number of ether oxygens (including phenoxy) is 1. The van der Waals surface area contributed by atoms with Crippen LogP contribution in [0.1, 0.15) is 0 Å². The smallest absolute Gasteiger partial charge is 0.0734 e. The van der Waals surface area contributed by atoms with Crippen LogP contribution in [0.4, 0.5) is 5.69 Å². The molecule has 0 atom stereocenters. The molecule has 1 saturated heterocycles. The lowest BCUT2D eigenvalue weighted by atomic mass is 10.0. The van der Waals surface area contributed by atoms with E-state index in [1.165, 1.54) is 5.56 Å². The number of nitrogens with one attached hydrogen (secondary N) is 1. The molecule has 5 heteroatoms. The van der Waals surface area contributed by atoms with Gasteiger partial charge in [-0.25, -0.2) is 0 Å². The fraction of sp³-hybridized carbons (Fsp3) is 0.286. The molecule has 0 amide bonds. The molecule has 4 rings (SSSR count). The summed E-state index contributed by atoms with van der Waals surface area (Å²) in [6, 6.07) is 16.7. The van der Waals surface area contributed by atoms with Gasteiger partial charge < -0.3 is 10.1 Å². The Kier molecular flexibility index (Phi) is 5.48. The van der Waals surface area contributed by atoms with Crippen LogP contribution >= 0.6 is 15.9 Å². The monoisotopic (exact) mass is 411 g/mol. The molecule has 1 N–H and O–H groups in total. The number of morpholine rings is 1. The van der Waals surface area contributed by atoms with Crippen molar-refractivity contribution in [1.29, 1.82) is 0 Å². The Balaban J connectivity index is 1.64. The molecule has 0 bridgehead atoms. The first-order valence-electron chi connectivity index (χ1n) is 8.99. The predicted octanol–water partition coefficient (Wildman–Crippen LogP) is 4.41. The molecule has 1 aromatic heterocycles. The summed E-state index contributed by atoms with van der Waals surface area (Å²) < 4.78 is 6.48. The van der Waals surface area contributed by atoms with Crippen molar-refractivity contribution in [1.82, 2.24) is 9.88 Å². The number of hydrogen-bond donors (Lipinski definition) is 1. The summed E-state index contributed by atoms with van der Waals surface area (Å²) in [6.45, 7) is 5.60. The number of fused-ring (bicyclic) bond motifs is 1. The highest BCUT2D eigenvalue weighted by molar-refractivity contribution is 9.10. The van der Waals surface area contributed by atoms with E-state index in [4.69, 9.17) is 4.74 Å². The minimum absolute atomic E-state index is 0.835. The second-order valence-corrected chi connectivity index (χ2v) is 7.37. The Morgan fingerprint density at radius 3 is 2.69 bits per heavy atom. The maximum atomic E-state index is 5.44. The number of rotatable bonds is 5. The quantitative estimate of drug-likeness (QED) is 0.674. The summed E-state index contributed by atoms with van der Waals surface area (Å²) in [6.07, 6.45) is 1.97. The molecule has 2 heterocycles. The number of halogens is 1. The van der Waals surface area contributed by atoms with Crippen molar-refractivity contribution in [2.24, 2.45) is 0 Å². The third-order valence-corrected chi connectivity index (χ3v) is 5.24. The Morgan fingerprint density at radius 1 is 1.08 bits per heavy atom. The van der Waals surface area contributed by atoms with Crippen LogP contribution in [0.15, 0.2) is 59.2 Å². The van der Waals surface area contributed by atoms with E-state index >= 15 is 0 Å². The van der Waals surface area contributed by atoms with Crippen LogP contribution in [-0.2, 0) is 4.74 Å². The summed E-state index contributed by atoms with van der Waals surface area (Å²) in [4.78, 5) is 7.12. The molecule has 1 fully saturated rings. The number of benzene rings is 2. The average Bonchev–Trinajstić information content (AvgIpc) is 2.69. The van der Waals surface area contributed by atoms with Crippen molar-refractivity contribution in [3.63, 3.8) is 0 Å². The number of anilines is 1. The summed E-state index contributed by atoms with van der Waals surface area (Å²) in [5, 5.41) is 4.83. The molecule has 0 aliphatic carbocycles. The lowest BCUT2D eigenvalue weighted by Crippen LogP contribution is -2.39.